The Morgan fingerprint density at radius 1 is 1.12 bits per heavy atom. The lowest BCUT2D eigenvalue weighted by Gasteiger charge is -2.30. The third-order valence-corrected chi connectivity index (χ3v) is 7.57. The second-order valence-electron chi connectivity index (χ2n) is 8.28. The van der Waals surface area contributed by atoms with E-state index in [0.717, 1.165) is 11.2 Å². The molecule has 4 rings (SSSR count). The number of nitrogens with one attached hydrogen (secondary N) is 3. The standard InChI is InChI=1S/C23H29N5O3S/c1-3-28(2)22(29)16-9-11-18(12-10-16)27-32(30,31)19-13-14-20-21(15-19)26-23(25-20)24-17-7-5-4-6-8-17/h4-8,13-16,18,27H,3,9-12H2,1-2H3,(H2,24,25,26)/t16-,18-. The first-order valence-electron chi connectivity index (χ1n) is 10.9. The summed E-state index contributed by atoms with van der Waals surface area (Å²) in [5.74, 6) is 0.683. The third-order valence-electron chi connectivity index (χ3n) is 6.05. The van der Waals surface area contributed by atoms with E-state index in [2.05, 4.69) is 20.0 Å². The summed E-state index contributed by atoms with van der Waals surface area (Å²) in [5, 5.41) is 3.18. The Morgan fingerprint density at radius 2 is 1.84 bits per heavy atom. The van der Waals surface area contributed by atoms with Gasteiger partial charge in [-0.2, -0.15) is 0 Å². The Balaban J connectivity index is 1.42. The van der Waals surface area contributed by atoms with Gasteiger partial charge in [-0.05, 0) is 62.9 Å². The van der Waals surface area contributed by atoms with Crippen molar-refractivity contribution >= 4 is 38.6 Å². The van der Waals surface area contributed by atoms with Crippen molar-refractivity contribution in [1.29, 1.82) is 0 Å². The maximum absolute atomic E-state index is 13.0. The van der Waals surface area contributed by atoms with Gasteiger partial charge < -0.3 is 15.2 Å². The summed E-state index contributed by atoms with van der Waals surface area (Å²) in [6.45, 7) is 2.64. The lowest BCUT2D eigenvalue weighted by Crippen LogP contribution is -2.41. The van der Waals surface area contributed by atoms with Crippen LogP contribution in [0.5, 0.6) is 0 Å². The lowest BCUT2D eigenvalue weighted by molar-refractivity contribution is -0.135. The van der Waals surface area contributed by atoms with Crippen molar-refractivity contribution in [1.82, 2.24) is 19.6 Å². The van der Waals surface area contributed by atoms with E-state index in [9.17, 15) is 13.2 Å². The molecule has 32 heavy (non-hydrogen) atoms. The van der Waals surface area contributed by atoms with Crippen LogP contribution in [0, 0.1) is 5.92 Å². The Kier molecular flexibility index (Phi) is 6.48. The number of imidazole rings is 1. The number of aromatic nitrogens is 2. The molecule has 1 fully saturated rings. The number of nitrogens with zero attached hydrogens (tertiary/aromatic N) is 2. The third kappa shape index (κ3) is 4.94. The van der Waals surface area contributed by atoms with Gasteiger partial charge in [0.05, 0.1) is 15.9 Å². The van der Waals surface area contributed by atoms with E-state index < -0.39 is 10.0 Å². The van der Waals surface area contributed by atoms with Crippen molar-refractivity contribution in [2.45, 2.75) is 43.5 Å². The summed E-state index contributed by atoms with van der Waals surface area (Å²) < 4.78 is 28.8. The highest BCUT2D eigenvalue weighted by Gasteiger charge is 2.30. The van der Waals surface area contributed by atoms with E-state index in [0.29, 0.717) is 43.7 Å². The number of amides is 1. The van der Waals surface area contributed by atoms with Crippen LogP contribution in [0.2, 0.25) is 0 Å². The van der Waals surface area contributed by atoms with Gasteiger partial charge in [0.25, 0.3) is 0 Å². The van der Waals surface area contributed by atoms with Crippen molar-refractivity contribution in [3.05, 3.63) is 48.5 Å². The second-order valence-corrected chi connectivity index (χ2v) is 9.99. The average molecular weight is 456 g/mol. The van der Waals surface area contributed by atoms with Gasteiger partial charge in [-0.15, -0.1) is 0 Å². The zero-order valence-electron chi connectivity index (χ0n) is 18.3. The molecule has 8 nitrogen and oxygen atoms in total. The second kappa shape index (κ2) is 9.30. The van der Waals surface area contributed by atoms with Crippen LogP contribution in [0.25, 0.3) is 11.0 Å². The van der Waals surface area contributed by atoms with Crippen LogP contribution in [0.15, 0.2) is 53.4 Å². The number of H-pyrrole nitrogens is 1. The molecule has 3 aromatic rings. The van der Waals surface area contributed by atoms with E-state index in [1.165, 1.54) is 0 Å². The molecule has 0 aliphatic heterocycles. The van der Waals surface area contributed by atoms with Crippen molar-refractivity contribution in [2.24, 2.45) is 5.92 Å². The van der Waals surface area contributed by atoms with Crippen molar-refractivity contribution in [3.63, 3.8) is 0 Å². The first-order valence-corrected chi connectivity index (χ1v) is 12.4. The summed E-state index contributed by atoms with van der Waals surface area (Å²) >= 11 is 0. The van der Waals surface area contributed by atoms with Gasteiger partial charge in [0.15, 0.2) is 0 Å². The summed E-state index contributed by atoms with van der Waals surface area (Å²) in [7, 11) is -1.87. The van der Waals surface area contributed by atoms with E-state index in [4.69, 9.17) is 0 Å². The fourth-order valence-corrected chi connectivity index (χ4v) is 5.41. The Labute approximate surface area is 188 Å². The molecule has 0 spiro atoms. The molecule has 9 heteroatoms. The number of rotatable bonds is 7. The average Bonchev–Trinajstić information content (AvgIpc) is 3.20. The zero-order valence-corrected chi connectivity index (χ0v) is 19.2. The monoisotopic (exact) mass is 455 g/mol. The fraction of sp³-hybridized carbons (Fsp3) is 0.391. The largest absolute Gasteiger partial charge is 0.346 e. The van der Waals surface area contributed by atoms with E-state index >= 15 is 0 Å². The fourth-order valence-electron chi connectivity index (χ4n) is 4.08. The molecule has 1 aliphatic rings. The van der Waals surface area contributed by atoms with E-state index in [1.807, 2.05) is 44.3 Å². The number of fused-ring (bicyclic) bond motifs is 1. The predicted octanol–water partition coefficient (Wildman–Crippen LogP) is 3.62. The number of aromatic amines is 1. The quantitative estimate of drug-likeness (QED) is 0.504. The van der Waals surface area contributed by atoms with Crippen LogP contribution >= 0.6 is 0 Å². The van der Waals surface area contributed by atoms with Crippen LogP contribution in [-0.2, 0) is 14.8 Å². The number of anilines is 2. The zero-order chi connectivity index (χ0) is 22.7. The van der Waals surface area contributed by atoms with Gasteiger partial charge in [0, 0.05) is 31.2 Å². The molecular formula is C23H29N5O3S. The minimum absolute atomic E-state index is 0.0170. The predicted molar refractivity (Wildman–Crippen MR) is 125 cm³/mol. The highest BCUT2D eigenvalue weighted by Crippen LogP contribution is 2.27. The number of benzene rings is 2. The molecule has 1 aliphatic carbocycles. The highest BCUT2D eigenvalue weighted by molar-refractivity contribution is 7.89. The first-order chi connectivity index (χ1) is 15.4. The van der Waals surface area contributed by atoms with Crippen LogP contribution in [0.1, 0.15) is 32.6 Å². The van der Waals surface area contributed by atoms with Crippen molar-refractivity contribution < 1.29 is 13.2 Å². The topological polar surface area (TPSA) is 107 Å². The van der Waals surface area contributed by atoms with Gasteiger partial charge in [0.2, 0.25) is 21.9 Å². The van der Waals surface area contributed by atoms with E-state index in [1.54, 1.807) is 23.1 Å². The molecule has 170 valence electrons. The number of carbonyl (C=O) groups excluding carboxylic acids is 1. The summed E-state index contributed by atoms with van der Waals surface area (Å²) in [4.78, 5) is 21.9. The molecule has 1 heterocycles. The number of sulfonamides is 1. The highest BCUT2D eigenvalue weighted by atomic mass is 32.2. The van der Waals surface area contributed by atoms with Crippen molar-refractivity contribution in [3.8, 4) is 0 Å². The summed E-state index contributed by atoms with van der Waals surface area (Å²) in [6.07, 6.45) is 2.71. The molecule has 0 unspecified atom stereocenters. The number of hydrogen-bond donors (Lipinski definition) is 3. The molecule has 1 amide bonds. The SMILES string of the molecule is CCN(C)C(=O)[C@H]1CC[C@H](NS(=O)(=O)c2ccc3[nH]c(Nc4ccccc4)nc3c2)CC1. The Morgan fingerprint density at radius 3 is 2.53 bits per heavy atom. The van der Waals surface area contributed by atoms with Gasteiger partial charge >= 0.3 is 0 Å². The number of carbonyl (C=O) groups is 1. The molecule has 1 aromatic heterocycles. The Bertz CT molecular complexity index is 1180. The normalized spacial score (nSPS) is 19.1. The summed E-state index contributed by atoms with van der Waals surface area (Å²) in [5.41, 5.74) is 2.21. The maximum Gasteiger partial charge on any atom is 0.240 e. The molecular weight excluding hydrogens is 426 g/mol. The van der Waals surface area contributed by atoms with Gasteiger partial charge in [-0.3, -0.25) is 4.79 Å². The molecule has 0 radical (unpaired) electrons. The molecule has 3 N–H and O–H groups in total. The molecule has 2 aromatic carbocycles. The lowest BCUT2D eigenvalue weighted by atomic mass is 9.85. The number of hydrogen-bond acceptors (Lipinski definition) is 5. The maximum atomic E-state index is 13.0. The Hall–Kier alpha value is -2.91. The van der Waals surface area contributed by atoms with Gasteiger partial charge in [0.1, 0.15) is 0 Å². The van der Waals surface area contributed by atoms with E-state index in [-0.39, 0.29) is 22.8 Å². The van der Waals surface area contributed by atoms with Crippen LogP contribution in [-0.4, -0.2) is 48.8 Å². The van der Waals surface area contributed by atoms with Crippen LogP contribution < -0.4 is 10.0 Å². The minimum Gasteiger partial charge on any atom is -0.346 e. The van der Waals surface area contributed by atoms with Gasteiger partial charge in [-0.25, -0.2) is 18.1 Å². The molecule has 0 bridgehead atoms. The van der Waals surface area contributed by atoms with Crippen molar-refractivity contribution in [2.75, 3.05) is 18.9 Å². The smallest absolute Gasteiger partial charge is 0.240 e. The molecule has 0 saturated heterocycles. The summed E-state index contributed by atoms with van der Waals surface area (Å²) in [6, 6.07) is 14.4. The molecule has 1 saturated carbocycles. The van der Waals surface area contributed by atoms with Crippen LogP contribution in [0.4, 0.5) is 11.6 Å². The van der Waals surface area contributed by atoms with Crippen LogP contribution in [0.3, 0.4) is 0 Å². The minimum atomic E-state index is -3.68. The molecule has 0 atom stereocenters. The first kappa shape index (κ1) is 22.3. The van der Waals surface area contributed by atoms with Gasteiger partial charge in [-0.1, -0.05) is 18.2 Å². The number of para-hydroxylation sites is 1.